The van der Waals surface area contributed by atoms with Gasteiger partial charge in [0.05, 0.1) is 11.1 Å². The molecule has 1 aliphatic rings. The van der Waals surface area contributed by atoms with E-state index in [0.717, 1.165) is 12.0 Å². The quantitative estimate of drug-likeness (QED) is 0.799. The summed E-state index contributed by atoms with van der Waals surface area (Å²) in [6.45, 7) is 8.71. The van der Waals surface area contributed by atoms with E-state index in [-0.39, 0.29) is 11.9 Å². The topological polar surface area (TPSA) is 70.7 Å². The first-order valence-corrected chi connectivity index (χ1v) is 9.53. The summed E-state index contributed by atoms with van der Waals surface area (Å²) in [6, 6.07) is 12.6. The standard InChI is InChI=1S/C22H27N3O3/c1-5-12-25-18-13-17(10-11-19(18)28-14-22(3,4)20(25)26)24-21(27)23-16-8-6-15(2)7-9-16/h6-11,13H,5,12,14H2,1-4H3,(H2,23,24,27). The van der Waals surface area contributed by atoms with Gasteiger partial charge in [-0.15, -0.1) is 0 Å². The maximum absolute atomic E-state index is 13.0. The van der Waals surface area contributed by atoms with E-state index in [1.807, 2.05) is 52.0 Å². The maximum atomic E-state index is 13.0. The molecule has 0 aliphatic carbocycles. The fraction of sp³-hybridized carbons (Fsp3) is 0.364. The molecule has 1 heterocycles. The van der Waals surface area contributed by atoms with Gasteiger partial charge in [0, 0.05) is 17.9 Å². The summed E-state index contributed by atoms with van der Waals surface area (Å²) in [5.41, 5.74) is 2.52. The number of anilines is 3. The Kier molecular flexibility index (Phi) is 5.58. The van der Waals surface area contributed by atoms with Crippen molar-refractivity contribution in [1.29, 1.82) is 0 Å². The van der Waals surface area contributed by atoms with Gasteiger partial charge in [0.1, 0.15) is 12.4 Å². The van der Waals surface area contributed by atoms with Gasteiger partial charge in [-0.05, 0) is 57.5 Å². The number of aryl methyl sites for hydroxylation is 1. The molecule has 3 rings (SSSR count). The van der Waals surface area contributed by atoms with Crippen molar-refractivity contribution in [2.45, 2.75) is 34.1 Å². The second-order valence-corrected chi connectivity index (χ2v) is 7.76. The van der Waals surface area contributed by atoms with E-state index in [4.69, 9.17) is 4.74 Å². The fourth-order valence-electron chi connectivity index (χ4n) is 3.10. The molecule has 3 amide bonds. The average Bonchev–Trinajstić information content (AvgIpc) is 2.74. The van der Waals surface area contributed by atoms with Crippen LogP contribution in [-0.2, 0) is 4.79 Å². The number of hydrogen-bond acceptors (Lipinski definition) is 3. The van der Waals surface area contributed by atoms with Crippen molar-refractivity contribution >= 4 is 29.0 Å². The van der Waals surface area contributed by atoms with Gasteiger partial charge in [-0.2, -0.15) is 0 Å². The third-order valence-electron chi connectivity index (χ3n) is 4.68. The number of ether oxygens (including phenoxy) is 1. The van der Waals surface area contributed by atoms with Crippen LogP contribution >= 0.6 is 0 Å². The van der Waals surface area contributed by atoms with Crippen molar-refractivity contribution < 1.29 is 14.3 Å². The van der Waals surface area contributed by atoms with Gasteiger partial charge in [-0.3, -0.25) is 4.79 Å². The van der Waals surface area contributed by atoms with Gasteiger partial charge >= 0.3 is 6.03 Å². The molecule has 2 aromatic rings. The Morgan fingerprint density at radius 2 is 1.75 bits per heavy atom. The van der Waals surface area contributed by atoms with Crippen LogP contribution in [0.4, 0.5) is 21.9 Å². The molecule has 0 radical (unpaired) electrons. The number of nitrogens with zero attached hydrogens (tertiary/aromatic N) is 1. The molecule has 28 heavy (non-hydrogen) atoms. The Morgan fingerprint density at radius 3 is 2.43 bits per heavy atom. The van der Waals surface area contributed by atoms with Crippen LogP contribution in [0.1, 0.15) is 32.8 Å². The molecule has 2 aromatic carbocycles. The van der Waals surface area contributed by atoms with E-state index in [1.54, 1.807) is 23.1 Å². The fourth-order valence-corrected chi connectivity index (χ4v) is 3.10. The molecule has 0 bridgehead atoms. The molecule has 148 valence electrons. The Hall–Kier alpha value is -3.02. The van der Waals surface area contributed by atoms with Crippen LogP contribution in [0.5, 0.6) is 5.75 Å². The molecule has 0 unspecified atom stereocenters. The Morgan fingerprint density at radius 1 is 1.11 bits per heavy atom. The monoisotopic (exact) mass is 381 g/mol. The summed E-state index contributed by atoms with van der Waals surface area (Å²) in [6.07, 6.45) is 0.826. The van der Waals surface area contributed by atoms with Crippen molar-refractivity contribution in [2.24, 2.45) is 5.41 Å². The lowest BCUT2D eigenvalue weighted by Gasteiger charge is -2.27. The lowest BCUT2D eigenvalue weighted by atomic mass is 9.93. The first-order valence-electron chi connectivity index (χ1n) is 9.53. The number of urea groups is 1. The number of rotatable bonds is 4. The summed E-state index contributed by atoms with van der Waals surface area (Å²) in [5, 5.41) is 5.64. The van der Waals surface area contributed by atoms with Crippen molar-refractivity contribution in [3.63, 3.8) is 0 Å². The molecule has 0 spiro atoms. The van der Waals surface area contributed by atoms with Crippen LogP contribution in [0, 0.1) is 12.3 Å². The minimum atomic E-state index is -0.607. The highest BCUT2D eigenvalue weighted by Gasteiger charge is 2.37. The summed E-state index contributed by atoms with van der Waals surface area (Å²) in [5.74, 6) is 0.672. The molecule has 0 aromatic heterocycles. The molecule has 6 heteroatoms. The number of carbonyl (C=O) groups is 2. The number of amides is 3. The largest absolute Gasteiger partial charge is 0.490 e. The highest BCUT2D eigenvalue weighted by molar-refractivity contribution is 6.02. The first kappa shape index (κ1) is 19.7. The molecule has 1 aliphatic heterocycles. The average molecular weight is 381 g/mol. The lowest BCUT2D eigenvalue weighted by Crippen LogP contribution is -2.42. The molecular weight excluding hydrogens is 354 g/mol. The highest BCUT2D eigenvalue weighted by Crippen LogP contribution is 2.38. The smallest absolute Gasteiger partial charge is 0.323 e. The summed E-state index contributed by atoms with van der Waals surface area (Å²) in [7, 11) is 0. The number of benzene rings is 2. The third kappa shape index (κ3) is 4.27. The lowest BCUT2D eigenvalue weighted by molar-refractivity contribution is -0.127. The second kappa shape index (κ2) is 7.92. The number of carbonyl (C=O) groups excluding carboxylic acids is 2. The highest BCUT2D eigenvalue weighted by atomic mass is 16.5. The van der Waals surface area contributed by atoms with E-state index >= 15 is 0 Å². The Bertz CT molecular complexity index is 875. The Balaban J connectivity index is 1.81. The maximum Gasteiger partial charge on any atom is 0.323 e. The zero-order chi connectivity index (χ0) is 20.3. The normalized spacial score (nSPS) is 15.3. The van der Waals surface area contributed by atoms with Crippen LogP contribution in [-0.4, -0.2) is 25.1 Å². The van der Waals surface area contributed by atoms with Gasteiger partial charge in [0.15, 0.2) is 0 Å². The molecule has 6 nitrogen and oxygen atoms in total. The SMILES string of the molecule is CCCN1C(=O)C(C)(C)COc2ccc(NC(=O)Nc3ccc(C)cc3)cc21. The Labute approximate surface area is 165 Å². The van der Waals surface area contributed by atoms with E-state index in [1.165, 1.54) is 0 Å². The molecular formula is C22H27N3O3. The van der Waals surface area contributed by atoms with E-state index in [2.05, 4.69) is 10.6 Å². The molecule has 0 fully saturated rings. The van der Waals surface area contributed by atoms with E-state index in [0.29, 0.717) is 36.0 Å². The van der Waals surface area contributed by atoms with Gasteiger partial charge in [0.2, 0.25) is 5.91 Å². The number of nitrogens with one attached hydrogen (secondary N) is 2. The second-order valence-electron chi connectivity index (χ2n) is 7.76. The van der Waals surface area contributed by atoms with Gasteiger partial charge in [0.25, 0.3) is 0 Å². The predicted octanol–water partition coefficient (Wildman–Crippen LogP) is 4.80. The van der Waals surface area contributed by atoms with Crippen molar-refractivity contribution in [1.82, 2.24) is 0 Å². The molecule has 0 saturated heterocycles. The number of hydrogen-bond donors (Lipinski definition) is 2. The molecule has 2 N–H and O–H groups in total. The summed E-state index contributed by atoms with van der Waals surface area (Å²) in [4.78, 5) is 27.1. The van der Waals surface area contributed by atoms with Gasteiger partial charge in [-0.1, -0.05) is 24.6 Å². The van der Waals surface area contributed by atoms with Crippen molar-refractivity contribution in [2.75, 3.05) is 28.7 Å². The third-order valence-corrected chi connectivity index (χ3v) is 4.68. The van der Waals surface area contributed by atoms with Crippen LogP contribution in [0.2, 0.25) is 0 Å². The number of fused-ring (bicyclic) bond motifs is 1. The van der Waals surface area contributed by atoms with Crippen LogP contribution < -0.4 is 20.3 Å². The molecule has 0 saturated carbocycles. The van der Waals surface area contributed by atoms with Crippen LogP contribution in [0.15, 0.2) is 42.5 Å². The van der Waals surface area contributed by atoms with Crippen LogP contribution in [0.3, 0.4) is 0 Å². The van der Waals surface area contributed by atoms with E-state index in [9.17, 15) is 9.59 Å². The van der Waals surface area contributed by atoms with Crippen LogP contribution in [0.25, 0.3) is 0 Å². The molecule has 0 atom stereocenters. The van der Waals surface area contributed by atoms with Gasteiger partial charge < -0.3 is 20.3 Å². The minimum absolute atomic E-state index is 0.0226. The van der Waals surface area contributed by atoms with Crippen molar-refractivity contribution in [3.05, 3.63) is 48.0 Å². The zero-order valence-corrected chi connectivity index (χ0v) is 16.8. The van der Waals surface area contributed by atoms with E-state index < -0.39 is 5.41 Å². The van der Waals surface area contributed by atoms with Gasteiger partial charge in [-0.25, -0.2) is 4.79 Å². The van der Waals surface area contributed by atoms with Crippen molar-refractivity contribution in [3.8, 4) is 5.75 Å². The summed E-state index contributed by atoms with van der Waals surface area (Å²) >= 11 is 0. The zero-order valence-electron chi connectivity index (χ0n) is 16.8. The summed E-state index contributed by atoms with van der Waals surface area (Å²) < 4.78 is 5.89. The minimum Gasteiger partial charge on any atom is -0.490 e. The predicted molar refractivity (Wildman–Crippen MR) is 112 cm³/mol. The first-order chi connectivity index (χ1) is 13.3.